The van der Waals surface area contributed by atoms with Crippen LogP contribution in [0.4, 0.5) is 5.82 Å². The SMILES string of the molecule is CC.CC.COC(=O)c1ccc(N2CC3CC2CC3OCc2c(C3CC3)cnn2C)nc1.Clc1cccc(Cl)c1. The molecule has 2 aromatic heterocycles. The van der Waals surface area contributed by atoms with E-state index in [1.54, 1.807) is 30.5 Å². The number of hydrogen-bond donors (Lipinski definition) is 0. The van der Waals surface area contributed by atoms with Gasteiger partial charge in [0.25, 0.3) is 0 Å². The quantitative estimate of drug-likeness (QED) is 0.275. The fraction of sp³-hybridized carbons (Fsp3) is 0.516. The minimum absolute atomic E-state index is 0.303. The summed E-state index contributed by atoms with van der Waals surface area (Å²) in [5.41, 5.74) is 3.10. The first-order valence-corrected chi connectivity index (χ1v) is 15.0. The van der Waals surface area contributed by atoms with E-state index in [9.17, 15) is 4.79 Å². The summed E-state index contributed by atoms with van der Waals surface area (Å²) in [6, 6.07) is 11.2. The second-order valence-electron chi connectivity index (χ2n) is 9.67. The van der Waals surface area contributed by atoms with E-state index < -0.39 is 0 Å². The molecule has 1 aliphatic heterocycles. The molecule has 2 aliphatic carbocycles. The van der Waals surface area contributed by atoms with Crippen LogP contribution in [-0.2, 0) is 23.1 Å². The molecule has 0 radical (unpaired) electrons. The highest BCUT2D eigenvalue weighted by Gasteiger charge is 2.46. The van der Waals surface area contributed by atoms with Gasteiger partial charge in [0.2, 0.25) is 0 Å². The van der Waals surface area contributed by atoms with Crippen molar-refractivity contribution in [1.29, 1.82) is 0 Å². The van der Waals surface area contributed by atoms with Gasteiger partial charge in [0.05, 0.1) is 37.3 Å². The van der Waals surface area contributed by atoms with Gasteiger partial charge in [0, 0.05) is 41.8 Å². The second kappa shape index (κ2) is 15.4. The molecule has 3 unspecified atom stereocenters. The zero-order chi connectivity index (χ0) is 29.2. The molecule has 3 aromatic rings. The number of pyridine rings is 1. The minimum atomic E-state index is -0.351. The highest BCUT2D eigenvalue weighted by atomic mass is 35.5. The van der Waals surface area contributed by atoms with Gasteiger partial charge in [-0.2, -0.15) is 5.10 Å². The molecular formula is C31H42Cl2N4O3. The number of piperidine rings is 1. The van der Waals surface area contributed by atoms with E-state index in [-0.39, 0.29) is 5.97 Å². The van der Waals surface area contributed by atoms with E-state index in [2.05, 4.69) is 15.0 Å². The number of halogens is 2. The number of carbonyl (C=O) groups is 1. The molecule has 40 heavy (non-hydrogen) atoms. The first-order valence-electron chi connectivity index (χ1n) is 14.3. The lowest BCUT2D eigenvalue weighted by molar-refractivity contribution is 0.00936. The van der Waals surface area contributed by atoms with Crippen molar-refractivity contribution in [2.45, 2.75) is 78.0 Å². The van der Waals surface area contributed by atoms with Gasteiger partial charge in [-0.25, -0.2) is 9.78 Å². The van der Waals surface area contributed by atoms with E-state index >= 15 is 0 Å². The summed E-state index contributed by atoms with van der Waals surface area (Å²) in [5, 5.41) is 5.79. The Morgan fingerprint density at radius 2 is 1.73 bits per heavy atom. The number of fused-ring (bicyclic) bond motifs is 2. The molecule has 2 bridgehead atoms. The average Bonchev–Trinajstić information content (AvgIpc) is 3.47. The van der Waals surface area contributed by atoms with Crippen LogP contribution >= 0.6 is 23.2 Å². The third kappa shape index (κ3) is 7.99. The van der Waals surface area contributed by atoms with Crippen LogP contribution in [0.5, 0.6) is 0 Å². The number of carbonyl (C=O) groups excluding carboxylic acids is 1. The highest BCUT2D eigenvalue weighted by molar-refractivity contribution is 6.34. The van der Waals surface area contributed by atoms with E-state index in [1.807, 2.05) is 57.8 Å². The van der Waals surface area contributed by atoms with Crippen LogP contribution in [-0.4, -0.2) is 46.5 Å². The third-order valence-corrected chi connectivity index (χ3v) is 7.74. The number of methoxy groups -OCH3 is 1. The summed E-state index contributed by atoms with van der Waals surface area (Å²) in [4.78, 5) is 18.4. The van der Waals surface area contributed by atoms with E-state index in [4.69, 9.17) is 32.7 Å². The summed E-state index contributed by atoms with van der Waals surface area (Å²) in [6.07, 6.45) is 8.66. The summed E-state index contributed by atoms with van der Waals surface area (Å²) < 4.78 is 13.1. The number of aryl methyl sites for hydroxylation is 1. The van der Waals surface area contributed by atoms with Crippen LogP contribution in [0.2, 0.25) is 10.0 Å². The summed E-state index contributed by atoms with van der Waals surface area (Å²) in [6.45, 7) is 9.61. The largest absolute Gasteiger partial charge is 0.465 e. The molecule has 1 saturated heterocycles. The fourth-order valence-electron chi connectivity index (χ4n) is 5.22. The van der Waals surface area contributed by atoms with Crippen LogP contribution in [0.15, 0.2) is 48.8 Å². The molecule has 1 aromatic carbocycles. The smallest absolute Gasteiger partial charge is 0.339 e. The first-order chi connectivity index (χ1) is 19.4. The maximum atomic E-state index is 11.6. The van der Waals surface area contributed by atoms with Crippen LogP contribution in [0.3, 0.4) is 0 Å². The van der Waals surface area contributed by atoms with Gasteiger partial charge in [-0.05, 0) is 67.5 Å². The van der Waals surface area contributed by atoms with E-state index in [0.717, 1.165) is 25.2 Å². The maximum Gasteiger partial charge on any atom is 0.339 e. The van der Waals surface area contributed by atoms with Gasteiger partial charge in [-0.3, -0.25) is 4.68 Å². The molecule has 0 amide bonds. The molecule has 218 valence electrons. The summed E-state index contributed by atoms with van der Waals surface area (Å²) in [7, 11) is 3.39. The summed E-state index contributed by atoms with van der Waals surface area (Å²) >= 11 is 11.1. The number of ether oxygens (including phenoxy) is 2. The Bertz CT molecular complexity index is 1200. The van der Waals surface area contributed by atoms with E-state index in [0.29, 0.717) is 46.2 Å². The predicted molar refractivity (Wildman–Crippen MR) is 162 cm³/mol. The number of anilines is 1. The monoisotopic (exact) mass is 588 g/mol. The van der Waals surface area contributed by atoms with Gasteiger partial charge >= 0.3 is 5.97 Å². The zero-order valence-electron chi connectivity index (χ0n) is 24.4. The topological polar surface area (TPSA) is 69.5 Å². The highest BCUT2D eigenvalue weighted by Crippen LogP contribution is 2.44. The molecule has 7 nitrogen and oxygen atoms in total. The van der Waals surface area contributed by atoms with Crippen molar-refractivity contribution in [3.8, 4) is 0 Å². The Morgan fingerprint density at radius 3 is 2.23 bits per heavy atom. The Hall–Kier alpha value is -2.61. The van der Waals surface area contributed by atoms with Crippen molar-refractivity contribution in [2.24, 2.45) is 13.0 Å². The fourth-order valence-corrected chi connectivity index (χ4v) is 5.66. The molecular weight excluding hydrogens is 547 g/mol. The zero-order valence-corrected chi connectivity index (χ0v) is 26.0. The van der Waals surface area contributed by atoms with E-state index in [1.165, 1.54) is 31.2 Å². The Balaban J connectivity index is 0.000000312. The number of nitrogens with zero attached hydrogens (tertiary/aromatic N) is 4. The Labute approximate surface area is 248 Å². The minimum Gasteiger partial charge on any atom is -0.465 e. The maximum absolute atomic E-state index is 11.6. The molecule has 6 rings (SSSR count). The Morgan fingerprint density at radius 1 is 1.02 bits per heavy atom. The average molecular weight is 590 g/mol. The van der Waals surface area contributed by atoms with Crippen molar-refractivity contribution in [3.63, 3.8) is 0 Å². The molecule has 3 atom stereocenters. The lowest BCUT2D eigenvalue weighted by Gasteiger charge is -2.32. The standard InChI is InChI=1S/C21H26N4O3.C6H4Cl2.2C2H6/c1-24-18(17(10-23-24)13-3-4-13)12-28-19-8-16-7-15(19)11-25(16)20-6-5-14(9-22-20)21(26)27-2;7-5-2-1-3-6(8)4-5;2*1-2/h5-6,9-10,13,15-16,19H,3-4,7-8,11-12H2,1-2H3;1-4H;2*1-2H3. The van der Waals surface area contributed by atoms with Gasteiger partial charge in [0.1, 0.15) is 5.82 Å². The van der Waals surface area contributed by atoms with Crippen LogP contribution in [0.25, 0.3) is 0 Å². The number of esters is 1. The lowest BCUT2D eigenvalue weighted by atomic mass is 10.1. The third-order valence-electron chi connectivity index (χ3n) is 7.27. The molecule has 3 fully saturated rings. The Kier molecular flexibility index (Phi) is 12.3. The second-order valence-corrected chi connectivity index (χ2v) is 10.5. The van der Waals surface area contributed by atoms with Crippen molar-refractivity contribution in [1.82, 2.24) is 14.8 Å². The number of benzene rings is 1. The molecule has 9 heteroatoms. The van der Waals surface area contributed by atoms with Crippen LogP contribution in [0.1, 0.15) is 80.9 Å². The normalized spacial score (nSPS) is 20.4. The van der Waals surface area contributed by atoms with Crippen molar-refractivity contribution in [3.05, 3.63) is 75.7 Å². The van der Waals surface area contributed by atoms with Gasteiger partial charge in [0.15, 0.2) is 0 Å². The van der Waals surface area contributed by atoms with Crippen LogP contribution < -0.4 is 4.90 Å². The molecule has 0 spiro atoms. The molecule has 0 N–H and O–H groups in total. The van der Waals surface area contributed by atoms with Crippen molar-refractivity contribution in [2.75, 3.05) is 18.6 Å². The number of aromatic nitrogens is 3. The summed E-state index contributed by atoms with van der Waals surface area (Å²) in [5.74, 6) is 1.81. The number of rotatable bonds is 6. The molecule has 2 saturated carbocycles. The first kappa shape index (κ1) is 31.9. The lowest BCUT2D eigenvalue weighted by Crippen LogP contribution is -2.39. The van der Waals surface area contributed by atoms with Crippen molar-refractivity contribution < 1.29 is 14.3 Å². The van der Waals surface area contributed by atoms with Gasteiger partial charge < -0.3 is 14.4 Å². The van der Waals surface area contributed by atoms with Gasteiger partial charge in [-0.1, -0.05) is 57.0 Å². The van der Waals surface area contributed by atoms with Crippen molar-refractivity contribution >= 4 is 35.0 Å². The number of hydrogen-bond acceptors (Lipinski definition) is 6. The van der Waals surface area contributed by atoms with Crippen LogP contribution in [0, 0.1) is 5.92 Å². The van der Waals surface area contributed by atoms with Gasteiger partial charge in [-0.15, -0.1) is 0 Å². The molecule has 3 aliphatic rings. The predicted octanol–water partition coefficient (Wildman–Crippen LogP) is 7.71. The molecule has 3 heterocycles.